The topological polar surface area (TPSA) is 85.3 Å². The summed E-state index contributed by atoms with van der Waals surface area (Å²) < 4.78 is 45.0. The first-order valence-corrected chi connectivity index (χ1v) is 12.7. The predicted octanol–water partition coefficient (Wildman–Crippen LogP) is 3.53. The average Bonchev–Trinajstić information content (AvgIpc) is 3.38. The number of imidazole rings is 1. The maximum atomic E-state index is 14.0. The molecule has 184 valence electrons. The van der Waals surface area contributed by atoms with Crippen LogP contribution in [0, 0.1) is 11.7 Å². The Hall–Kier alpha value is -2.46. The number of rotatable bonds is 7. The lowest BCUT2D eigenvalue weighted by atomic mass is 9.86. The molecule has 2 N–H and O–H groups in total. The molecular weight excluding hydrogens is 479 g/mol. The standard InChI is InChI=1S/C19H21ClFNO.C5H9N3O2S/c1-22-11-14-8-13-9-18(21)19(23-2)10-17(13)16(14)7-12-4-3-5-15(20)6-12;1-6-11(9,10)5-3-8(2)4-7-5/h3-6,9-10,14,16,22H,7-8,11H2,1-2H3;3-4,6H,1-2H3. The largest absolute Gasteiger partial charge is 0.494 e. The Labute approximate surface area is 205 Å². The van der Waals surface area contributed by atoms with E-state index in [-0.39, 0.29) is 10.8 Å². The Morgan fingerprint density at radius 1 is 1.26 bits per heavy atom. The van der Waals surface area contributed by atoms with Gasteiger partial charge in [-0.1, -0.05) is 23.7 Å². The molecule has 0 spiro atoms. The first-order valence-electron chi connectivity index (χ1n) is 10.8. The van der Waals surface area contributed by atoms with Crippen molar-refractivity contribution in [3.63, 3.8) is 0 Å². The molecule has 0 bridgehead atoms. The van der Waals surface area contributed by atoms with E-state index in [0.717, 1.165) is 30.0 Å². The first kappa shape index (κ1) is 26.2. The molecule has 3 aromatic rings. The Morgan fingerprint density at radius 2 is 2.03 bits per heavy atom. The van der Waals surface area contributed by atoms with Crippen LogP contribution in [0.15, 0.2) is 53.9 Å². The van der Waals surface area contributed by atoms with Crippen LogP contribution in [0.3, 0.4) is 0 Å². The smallest absolute Gasteiger partial charge is 0.259 e. The van der Waals surface area contributed by atoms with Gasteiger partial charge in [0.25, 0.3) is 10.0 Å². The molecule has 0 aliphatic heterocycles. The number of fused-ring (bicyclic) bond motifs is 1. The summed E-state index contributed by atoms with van der Waals surface area (Å²) in [6, 6.07) is 11.5. The number of nitrogens with one attached hydrogen (secondary N) is 2. The lowest BCUT2D eigenvalue weighted by molar-refractivity contribution is 0.385. The third kappa shape index (κ3) is 6.15. The number of halogens is 2. The lowest BCUT2D eigenvalue weighted by Gasteiger charge is -2.21. The van der Waals surface area contributed by atoms with E-state index in [4.69, 9.17) is 16.3 Å². The second kappa shape index (κ2) is 11.3. The molecule has 2 atom stereocenters. The van der Waals surface area contributed by atoms with Crippen LogP contribution < -0.4 is 14.8 Å². The minimum Gasteiger partial charge on any atom is -0.494 e. The highest BCUT2D eigenvalue weighted by atomic mass is 35.5. The molecule has 2 aromatic carbocycles. The van der Waals surface area contributed by atoms with E-state index in [2.05, 4.69) is 21.1 Å². The molecule has 7 nitrogen and oxygen atoms in total. The fourth-order valence-electron chi connectivity index (χ4n) is 4.27. The molecule has 34 heavy (non-hydrogen) atoms. The molecule has 10 heteroatoms. The van der Waals surface area contributed by atoms with E-state index in [0.29, 0.717) is 17.6 Å². The molecule has 0 amide bonds. The van der Waals surface area contributed by atoms with Crippen LogP contribution in [0.2, 0.25) is 5.02 Å². The Morgan fingerprint density at radius 3 is 2.62 bits per heavy atom. The van der Waals surface area contributed by atoms with Gasteiger partial charge < -0.3 is 14.6 Å². The molecule has 0 saturated carbocycles. The number of nitrogens with zero attached hydrogens (tertiary/aromatic N) is 2. The maximum absolute atomic E-state index is 14.0. The van der Waals surface area contributed by atoms with Gasteiger partial charge in [0.05, 0.1) is 13.4 Å². The van der Waals surface area contributed by atoms with Crippen molar-refractivity contribution in [1.82, 2.24) is 19.6 Å². The zero-order valence-electron chi connectivity index (χ0n) is 19.7. The van der Waals surface area contributed by atoms with E-state index in [1.807, 2.05) is 31.3 Å². The van der Waals surface area contributed by atoms with Crippen LogP contribution in [-0.4, -0.2) is 45.7 Å². The number of ether oxygens (including phenoxy) is 1. The van der Waals surface area contributed by atoms with Gasteiger partial charge in [-0.2, -0.15) is 0 Å². The third-order valence-electron chi connectivity index (χ3n) is 5.90. The third-order valence-corrected chi connectivity index (χ3v) is 7.43. The molecule has 4 rings (SSSR count). The van der Waals surface area contributed by atoms with Crippen molar-refractivity contribution in [1.29, 1.82) is 0 Å². The number of sulfonamides is 1. The summed E-state index contributed by atoms with van der Waals surface area (Å²) in [6.45, 7) is 0.907. The zero-order valence-corrected chi connectivity index (χ0v) is 21.3. The number of benzene rings is 2. The van der Waals surface area contributed by atoms with Gasteiger partial charge in [0.1, 0.15) is 0 Å². The van der Waals surface area contributed by atoms with Crippen molar-refractivity contribution in [3.05, 3.63) is 76.5 Å². The summed E-state index contributed by atoms with van der Waals surface area (Å²) in [4.78, 5) is 3.67. The van der Waals surface area contributed by atoms with E-state index < -0.39 is 10.0 Å². The van der Waals surface area contributed by atoms with Crippen LogP contribution in [0.25, 0.3) is 0 Å². The van der Waals surface area contributed by atoms with Crippen LogP contribution in [0.4, 0.5) is 4.39 Å². The van der Waals surface area contributed by atoms with E-state index >= 15 is 0 Å². The van der Waals surface area contributed by atoms with Crippen LogP contribution >= 0.6 is 11.6 Å². The fraction of sp³-hybridized carbons (Fsp3) is 0.375. The summed E-state index contributed by atoms with van der Waals surface area (Å²) in [5.74, 6) is 0.828. The van der Waals surface area contributed by atoms with E-state index in [1.165, 1.54) is 37.8 Å². The van der Waals surface area contributed by atoms with Crippen molar-refractivity contribution in [2.75, 3.05) is 27.7 Å². The summed E-state index contributed by atoms with van der Waals surface area (Å²) >= 11 is 6.11. The summed E-state index contributed by atoms with van der Waals surface area (Å²) in [7, 11) is 3.17. The number of methoxy groups -OCH3 is 1. The maximum Gasteiger partial charge on any atom is 0.259 e. The molecule has 1 aromatic heterocycles. The van der Waals surface area contributed by atoms with Crippen molar-refractivity contribution in [2.24, 2.45) is 13.0 Å². The van der Waals surface area contributed by atoms with E-state index in [1.54, 1.807) is 17.7 Å². The molecule has 0 radical (unpaired) electrons. The first-order chi connectivity index (χ1) is 16.2. The monoisotopic (exact) mass is 508 g/mol. The predicted molar refractivity (Wildman–Crippen MR) is 131 cm³/mol. The van der Waals surface area contributed by atoms with Crippen LogP contribution in [-0.2, 0) is 29.9 Å². The minimum atomic E-state index is -3.36. The molecule has 1 heterocycles. The fourth-order valence-corrected chi connectivity index (χ4v) is 5.18. The van der Waals surface area contributed by atoms with Gasteiger partial charge in [-0.3, -0.25) is 0 Å². The molecule has 1 aliphatic rings. The van der Waals surface area contributed by atoms with E-state index in [9.17, 15) is 12.8 Å². The van der Waals surface area contributed by atoms with Crippen LogP contribution in [0.1, 0.15) is 22.6 Å². The second-order valence-corrected chi connectivity index (χ2v) is 10.5. The normalized spacial score (nSPS) is 17.1. The van der Waals surface area contributed by atoms with Gasteiger partial charge in [-0.15, -0.1) is 0 Å². The average molecular weight is 509 g/mol. The van der Waals surface area contributed by atoms with Gasteiger partial charge in [0, 0.05) is 18.3 Å². The number of hydrogen-bond acceptors (Lipinski definition) is 5. The van der Waals surface area contributed by atoms with Crippen molar-refractivity contribution < 1.29 is 17.5 Å². The minimum absolute atomic E-state index is 0.0440. The molecule has 2 unspecified atom stereocenters. The highest BCUT2D eigenvalue weighted by Gasteiger charge is 2.33. The Bertz CT molecular complexity index is 1230. The van der Waals surface area contributed by atoms with Gasteiger partial charge in [-0.05, 0) is 86.3 Å². The Balaban J connectivity index is 0.000000248. The zero-order chi connectivity index (χ0) is 24.9. The molecule has 0 saturated heterocycles. The Kier molecular flexibility index (Phi) is 8.70. The number of hydrogen-bond donors (Lipinski definition) is 2. The number of aromatic nitrogens is 2. The highest BCUT2D eigenvalue weighted by molar-refractivity contribution is 7.89. The second-order valence-electron chi connectivity index (χ2n) is 8.23. The molecule has 0 fully saturated rings. The summed E-state index contributed by atoms with van der Waals surface area (Å²) in [6.07, 6.45) is 4.66. The van der Waals surface area contributed by atoms with Crippen molar-refractivity contribution in [3.8, 4) is 5.75 Å². The SMILES string of the molecule is CNCC1Cc2cc(F)c(OC)cc2C1Cc1cccc(Cl)c1.CNS(=O)(=O)c1cn(C)cn1. The lowest BCUT2D eigenvalue weighted by Crippen LogP contribution is -2.23. The van der Waals surface area contributed by atoms with Gasteiger partial charge >= 0.3 is 0 Å². The number of aryl methyl sites for hydroxylation is 1. The van der Waals surface area contributed by atoms with Crippen molar-refractivity contribution >= 4 is 21.6 Å². The summed E-state index contributed by atoms with van der Waals surface area (Å²) in [5.41, 5.74) is 3.50. The van der Waals surface area contributed by atoms with Gasteiger partial charge in [-0.25, -0.2) is 22.5 Å². The van der Waals surface area contributed by atoms with Crippen LogP contribution in [0.5, 0.6) is 5.75 Å². The molecule has 1 aliphatic carbocycles. The quantitative estimate of drug-likeness (QED) is 0.510. The van der Waals surface area contributed by atoms with Gasteiger partial charge in [0.2, 0.25) is 0 Å². The molecular formula is C24H30ClFN4O3S. The van der Waals surface area contributed by atoms with Gasteiger partial charge in [0.15, 0.2) is 16.6 Å². The highest BCUT2D eigenvalue weighted by Crippen LogP contribution is 2.42. The summed E-state index contributed by atoms with van der Waals surface area (Å²) in [5, 5.41) is 4.06. The van der Waals surface area contributed by atoms with Crippen molar-refractivity contribution in [2.45, 2.75) is 23.8 Å².